The molecule has 1 aliphatic heterocycles. The standard InChI is InChI=1S/C22H32N4O3.HI/c1-4-23-22(24-15-18-6-8-19(27-3)9-7-18)25-16-20(21-10-5-17(2)29-21)26-11-13-28-14-12-26;/h5-10,20H,4,11-16H2,1-3H3,(H2,23,24,25);1H. The number of methoxy groups -OCH3 is 1. The van der Waals surface area contributed by atoms with Gasteiger partial charge in [0, 0.05) is 26.2 Å². The van der Waals surface area contributed by atoms with Crippen molar-refractivity contribution in [2.45, 2.75) is 26.4 Å². The lowest BCUT2D eigenvalue weighted by atomic mass is 10.1. The van der Waals surface area contributed by atoms with Crippen molar-refractivity contribution in [2.24, 2.45) is 4.99 Å². The van der Waals surface area contributed by atoms with Crippen molar-refractivity contribution in [3.8, 4) is 5.75 Å². The van der Waals surface area contributed by atoms with Crippen molar-refractivity contribution in [1.82, 2.24) is 15.5 Å². The summed E-state index contributed by atoms with van der Waals surface area (Å²) in [6.45, 7) is 9.45. The van der Waals surface area contributed by atoms with E-state index in [4.69, 9.17) is 18.9 Å². The molecule has 2 N–H and O–H groups in total. The Kier molecular flexibility index (Phi) is 10.5. The van der Waals surface area contributed by atoms with E-state index in [1.54, 1.807) is 7.11 Å². The number of aliphatic imine (C=N–C) groups is 1. The van der Waals surface area contributed by atoms with Crippen LogP contribution in [0, 0.1) is 6.92 Å². The zero-order chi connectivity index (χ0) is 20.5. The van der Waals surface area contributed by atoms with Gasteiger partial charge >= 0.3 is 0 Å². The molecular formula is C22H33IN4O3. The summed E-state index contributed by atoms with van der Waals surface area (Å²) in [5.41, 5.74) is 1.13. The molecule has 2 heterocycles. The summed E-state index contributed by atoms with van der Waals surface area (Å²) in [6.07, 6.45) is 0. The van der Waals surface area contributed by atoms with Crippen LogP contribution in [0.1, 0.15) is 30.0 Å². The van der Waals surface area contributed by atoms with Crippen LogP contribution in [0.3, 0.4) is 0 Å². The Balaban J connectivity index is 0.00000320. The number of furan rings is 1. The number of nitrogens with zero attached hydrogens (tertiary/aromatic N) is 2. The van der Waals surface area contributed by atoms with Crippen LogP contribution >= 0.6 is 24.0 Å². The van der Waals surface area contributed by atoms with Crippen molar-refractivity contribution < 1.29 is 13.9 Å². The van der Waals surface area contributed by atoms with Crippen molar-refractivity contribution in [3.05, 3.63) is 53.5 Å². The largest absolute Gasteiger partial charge is 0.497 e. The average Bonchev–Trinajstić information content (AvgIpc) is 3.19. The predicted molar refractivity (Wildman–Crippen MR) is 130 cm³/mol. The lowest BCUT2D eigenvalue weighted by Gasteiger charge is -2.33. The first-order valence-electron chi connectivity index (χ1n) is 10.2. The van der Waals surface area contributed by atoms with Crippen LogP contribution in [-0.2, 0) is 11.3 Å². The van der Waals surface area contributed by atoms with Gasteiger partial charge in [0.2, 0.25) is 0 Å². The molecule has 1 fully saturated rings. The van der Waals surface area contributed by atoms with Crippen LogP contribution in [0.15, 0.2) is 45.8 Å². The van der Waals surface area contributed by atoms with Gasteiger partial charge in [0.05, 0.1) is 32.9 Å². The maximum absolute atomic E-state index is 5.95. The molecule has 1 aromatic carbocycles. The van der Waals surface area contributed by atoms with Gasteiger partial charge in [-0.05, 0) is 43.7 Å². The van der Waals surface area contributed by atoms with Gasteiger partial charge in [0.1, 0.15) is 17.3 Å². The van der Waals surface area contributed by atoms with Crippen LogP contribution in [0.2, 0.25) is 0 Å². The van der Waals surface area contributed by atoms with Gasteiger partial charge in [-0.2, -0.15) is 0 Å². The van der Waals surface area contributed by atoms with Gasteiger partial charge in [0.15, 0.2) is 5.96 Å². The number of hydrogen-bond donors (Lipinski definition) is 2. The van der Waals surface area contributed by atoms with E-state index in [9.17, 15) is 0 Å². The topological polar surface area (TPSA) is 71.3 Å². The molecule has 0 saturated carbocycles. The summed E-state index contributed by atoms with van der Waals surface area (Å²) in [4.78, 5) is 7.14. The van der Waals surface area contributed by atoms with E-state index in [2.05, 4.69) is 28.5 Å². The lowest BCUT2D eigenvalue weighted by Crippen LogP contribution is -2.46. The fourth-order valence-corrected chi connectivity index (χ4v) is 3.37. The van der Waals surface area contributed by atoms with E-state index < -0.39 is 0 Å². The third kappa shape index (κ3) is 7.17. The first kappa shape index (κ1) is 24.5. The van der Waals surface area contributed by atoms with E-state index in [1.807, 2.05) is 37.3 Å². The van der Waals surface area contributed by atoms with Crippen molar-refractivity contribution >= 4 is 29.9 Å². The van der Waals surface area contributed by atoms with Crippen LogP contribution in [0.5, 0.6) is 5.75 Å². The first-order valence-corrected chi connectivity index (χ1v) is 10.2. The number of hydrogen-bond acceptors (Lipinski definition) is 5. The second-order valence-corrected chi connectivity index (χ2v) is 7.04. The summed E-state index contributed by atoms with van der Waals surface area (Å²) in [5.74, 6) is 3.55. The molecule has 1 aliphatic rings. The molecule has 0 spiro atoms. The van der Waals surface area contributed by atoms with Crippen molar-refractivity contribution in [1.29, 1.82) is 0 Å². The molecule has 1 atom stereocenters. The summed E-state index contributed by atoms with van der Waals surface area (Å²) in [5, 5.41) is 6.82. The summed E-state index contributed by atoms with van der Waals surface area (Å²) < 4.78 is 16.7. The van der Waals surface area contributed by atoms with Crippen LogP contribution in [-0.4, -0.2) is 57.4 Å². The Bertz CT molecular complexity index is 773. The molecule has 0 aliphatic carbocycles. The quantitative estimate of drug-likeness (QED) is 0.311. The smallest absolute Gasteiger partial charge is 0.191 e. The second-order valence-electron chi connectivity index (χ2n) is 7.04. The SMILES string of the molecule is CCNC(=NCc1ccc(OC)cc1)NCC(c1ccc(C)o1)N1CCOCC1.I. The Hall–Kier alpha value is -1.78. The molecule has 1 saturated heterocycles. The molecule has 2 aromatic rings. The second kappa shape index (κ2) is 12.8. The van der Waals surface area contributed by atoms with E-state index >= 15 is 0 Å². The normalized spacial score (nSPS) is 15.9. The number of nitrogens with one attached hydrogen (secondary N) is 2. The third-order valence-electron chi connectivity index (χ3n) is 4.96. The molecule has 0 amide bonds. The van der Waals surface area contributed by atoms with Gasteiger partial charge in [-0.1, -0.05) is 12.1 Å². The van der Waals surface area contributed by atoms with Gasteiger partial charge in [-0.15, -0.1) is 24.0 Å². The zero-order valence-electron chi connectivity index (χ0n) is 18.0. The van der Waals surface area contributed by atoms with Crippen LogP contribution in [0.4, 0.5) is 0 Å². The van der Waals surface area contributed by atoms with Gasteiger partial charge in [-0.25, -0.2) is 4.99 Å². The number of aryl methyl sites for hydroxylation is 1. The Morgan fingerprint density at radius 3 is 2.47 bits per heavy atom. The van der Waals surface area contributed by atoms with Gasteiger partial charge < -0.3 is 24.5 Å². The minimum absolute atomic E-state index is 0. The molecule has 166 valence electrons. The van der Waals surface area contributed by atoms with Crippen molar-refractivity contribution in [3.63, 3.8) is 0 Å². The van der Waals surface area contributed by atoms with Gasteiger partial charge in [0.25, 0.3) is 0 Å². The molecule has 8 heteroatoms. The highest BCUT2D eigenvalue weighted by Crippen LogP contribution is 2.23. The molecule has 7 nitrogen and oxygen atoms in total. The fourth-order valence-electron chi connectivity index (χ4n) is 3.37. The Morgan fingerprint density at radius 2 is 1.87 bits per heavy atom. The number of rotatable bonds is 8. The minimum Gasteiger partial charge on any atom is -0.497 e. The maximum atomic E-state index is 5.95. The molecule has 30 heavy (non-hydrogen) atoms. The zero-order valence-corrected chi connectivity index (χ0v) is 20.3. The number of halogens is 1. The summed E-state index contributed by atoms with van der Waals surface area (Å²) in [7, 11) is 1.67. The average molecular weight is 528 g/mol. The summed E-state index contributed by atoms with van der Waals surface area (Å²) >= 11 is 0. The highest BCUT2D eigenvalue weighted by Gasteiger charge is 2.25. The van der Waals surface area contributed by atoms with Gasteiger partial charge in [-0.3, -0.25) is 4.90 Å². The van der Waals surface area contributed by atoms with E-state index in [0.717, 1.165) is 61.6 Å². The maximum Gasteiger partial charge on any atom is 0.191 e. The van der Waals surface area contributed by atoms with E-state index in [-0.39, 0.29) is 30.0 Å². The predicted octanol–water partition coefficient (Wildman–Crippen LogP) is 3.34. The van der Waals surface area contributed by atoms with Crippen LogP contribution < -0.4 is 15.4 Å². The lowest BCUT2D eigenvalue weighted by molar-refractivity contribution is 0.0124. The Labute approximate surface area is 196 Å². The molecular weight excluding hydrogens is 495 g/mol. The van der Waals surface area contributed by atoms with E-state index in [0.29, 0.717) is 13.1 Å². The number of benzene rings is 1. The highest BCUT2D eigenvalue weighted by molar-refractivity contribution is 14.0. The first-order chi connectivity index (χ1) is 14.2. The molecule has 1 aromatic heterocycles. The molecule has 0 radical (unpaired) electrons. The molecule has 3 rings (SSSR count). The number of ether oxygens (including phenoxy) is 2. The third-order valence-corrected chi connectivity index (χ3v) is 4.96. The monoisotopic (exact) mass is 528 g/mol. The van der Waals surface area contributed by atoms with Crippen molar-refractivity contribution in [2.75, 3.05) is 46.5 Å². The van der Waals surface area contributed by atoms with Crippen LogP contribution in [0.25, 0.3) is 0 Å². The van der Waals surface area contributed by atoms with E-state index in [1.165, 1.54) is 0 Å². The Morgan fingerprint density at radius 1 is 1.13 bits per heavy atom. The number of morpholine rings is 1. The summed E-state index contributed by atoms with van der Waals surface area (Å²) in [6, 6.07) is 12.2. The number of guanidine groups is 1. The highest BCUT2D eigenvalue weighted by atomic mass is 127. The molecule has 1 unspecified atom stereocenters. The molecule has 0 bridgehead atoms. The minimum atomic E-state index is 0. The fraction of sp³-hybridized carbons (Fsp3) is 0.500.